The van der Waals surface area contributed by atoms with Crippen LogP contribution in [0.1, 0.15) is 56.1 Å². The Morgan fingerprint density at radius 1 is 1.27 bits per heavy atom. The van der Waals surface area contributed by atoms with Crippen LogP contribution in [0, 0.1) is 22.7 Å². The predicted octanol–water partition coefficient (Wildman–Crippen LogP) is 3.91. The predicted molar refractivity (Wildman–Crippen MR) is 86.1 cm³/mol. The molecule has 0 amide bonds. The molecule has 118 valence electrons. The molecular formula is C20H26O2. The van der Waals surface area contributed by atoms with Crippen LogP contribution in [0.5, 0.6) is 5.75 Å². The fraction of sp³-hybridized carbons (Fsp3) is 0.700. The molecule has 6 atom stereocenters. The van der Waals surface area contributed by atoms with Gasteiger partial charge in [0.2, 0.25) is 0 Å². The van der Waals surface area contributed by atoms with Crippen LogP contribution in [0.15, 0.2) is 18.2 Å². The van der Waals surface area contributed by atoms with Crippen molar-refractivity contribution in [3.63, 3.8) is 0 Å². The zero-order chi connectivity index (χ0) is 15.1. The second-order valence-electron chi connectivity index (χ2n) is 8.47. The lowest BCUT2D eigenvalue weighted by atomic mass is 9.52. The van der Waals surface area contributed by atoms with Gasteiger partial charge in [0, 0.05) is 0 Å². The topological polar surface area (TPSA) is 29.5 Å². The summed E-state index contributed by atoms with van der Waals surface area (Å²) in [5.74, 6) is 3.32. The van der Waals surface area contributed by atoms with Gasteiger partial charge in [0.1, 0.15) is 5.75 Å². The van der Waals surface area contributed by atoms with Gasteiger partial charge >= 0.3 is 0 Å². The number of aliphatic hydroxyl groups is 1. The third-order valence-corrected chi connectivity index (χ3v) is 8.06. The molecule has 1 aromatic carbocycles. The minimum atomic E-state index is -0.0514. The van der Waals surface area contributed by atoms with E-state index in [1.807, 2.05) is 0 Å². The number of aliphatic hydroxyl groups excluding tert-OH is 1. The van der Waals surface area contributed by atoms with Gasteiger partial charge in [-0.05, 0) is 90.4 Å². The normalized spacial score (nSPS) is 48.0. The Hall–Kier alpha value is -1.02. The molecule has 2 heteroatoms. The third kappa shape index (κ3) is 1.37. The summed E-state index contributed by atoms with van der Waals surface area (Å²) in [6.45, 7) is 2.39. The van der Waals surface area contributed by atoms with E-state index in [9.17, 15) is 5.11 Å². The van der Waals surface area contributed by atoms with Crippen LogP contribution in [0.25, 0.3) is 0 Å². The van der Waals surface area contributed by atoms with Gasteiger partial charge in [-0.25, -0.2) is 0 Å². The maximum Gasteiger partial charge on any atom is 0.119 e. The largest absolute Gasteiger partial charge is 0.497 e. The molecule has 4 aliphatic rings. The Morgan fingerprint density at radius 3 is 2.95 bits per heavy atom. The monoisotopic (exact) mass is 298 g/mol. The van der Waals surface area contributed by atoms with Gasteiger partial charge in [-0.2, -0.15) is 0 Å². The van der Waals surface area contributed by atoms with Gasteiger partial charge in [0.25, 0.3) is 0 Å². The Bertz CT molecular complexity index is 639. The molecule has 0 aromatic heterocycles. The van der Waals surface area contributed by atoms with E-state index in [4.69, 9.17) is 4.74 Å². The van der Waals surface area contributed by atoms with Crippen LogP contribution in [0.3, 0.4) is 0 Å². The lowest BCUT2D eigenvalue weighted by Gasteiger charge is -2.52. The van der Waals surface area contributed by atoms with Crippen molar-refractivity contribution >= 4 is 0 Å². The molecule has 0 saturated heterocycles. The Morgan fingerprint density at radius 2 is 2.14 bits per heavy atom. The smallest absolute Gasteiger partial charge is 0.119 e. The molecule has 1 N–H and O–H groups in total. The SMILES string of the molecule is COc1ccc2c(c1)CC[C@@H]1[C@@H]2CC[C@]2(C)C(O)CC3C[C@]312. The van der Waals surface area contributed by atoms with E-state index in [2.05, 4.69) is 25.1 Å². The molecule has 5 rings (SSSR count). The molecule has 0 aliphatic heterocycles. The molecular weight excluding hydrogens is 272 g/mol. The van der Waals surface area contributed by atoms with Crippen LogP contribution in [-0.4, -0.2) is 18.3 Å². The van der Waals surface area contributed by atoms with Crippen molar-refractivity contribution in [1.29, 1.82) is 0 Å². The zero-order valence-electron chi connectivity index (χ0n) is 13.6. The van der Waals surface area contributed by atoms with E-state index < -0.39 is 0 Å². The maximum atomic E-state index is 10.6. The number of methoxy groups -OCH3 is 1. The molecule has 1 aromatic rings. The number of hydrogen-bond acceptors (Lipinski definition) is 2. The first-order valence-corrected chi connectivity index (χ1v) is 8.95. The molecule has 2 nitrogen and oxygen atoms in total. The van der Waals surface area contributed by atoms with E-state index in [0.717, 1.165) is 29.9 Å². The van der Waals surface area contributed by atoms with Gasteiger partial charge in [-0.15, -0.1) is 0 Å². The average molecular weight is 298 g/mol. The first-order chi connectivity index (χ1) is 10.6. The number of hydrogen-bond donors (Lipinski definition) is 1. The lowest BCUT2D eigenvalue weighted by molar-refractivity contribution is -0.0558. The zero-order valence-corrected chi connectivity index (χ0v) is 13.6. The number of aryl methyl sites for hydroxylation is 1. The summed E-state index contributed by atoms with van der Waals surface area (Å²) in [5, 5.41) is 10.6. The van der Waals surface area contributed by atoms with Gasteiger partial charge in [0.05, 0.1) is 13.2 Å². The fourth-order valence-electron chi connectivity index (χ4n) is 6.90. The summed E-state index contributed by atoms with van der Waals surface area (Å²) < 4.78 is 5.41. The van der Waals surface area contributed by atoms with Gasteiger partial charge in [-0.3, -0.25) is 0 Å². The van der Waals surface area contributed by atoms with Gasteiger partial charge < -0.3 is 9.84 Å². The minimum absolute atomic E-state index is 0.0514. The first-order valence-electron chi connectivity index (χ1n) is 8.95. The number of ether oxygens (including phenoxy) is 1. The first kappa shape index (κ1) is 13.4. The van der Waals surface area contributed by atoms with Crippen LogP contribution >= 0.6 is 0 Å². The van der Waals surface area contributed by atoms with E-state index in [-0.39, 0.29) is 11.5 Å². The van der Waals surface area contributed by atoms with Crippen molar-refractivity contribution < 1.29 is 9.84 Å². The summed E-state index contributed by atoms with van der Waals surface area (Å²) in [7, 11) is 1.76. The van der Waals surface area contributed by atoms with Crippen molar-refractivity contribution in [2.75, 3.05) is 7.11 Å². The summed E-state index contributed by atoms with van der Waals surface area (Å²) in [4.78, 5) is 0. The summed E-state index contributed by atoms with van der Waals surface area (Å²) in [6.07, 6.45) is 7.36. The van der Waals surface area contributed by atoms with Crippen molar-refractivity contribution in [2.45, 2.75) is 57.5 Å². The molecule has 3 fully saturated rings. The van der Waals surface area contributed by atoms with Crippen molar-refractivity contribution in [3.05, 3.63) is 29.3 Å². The molecule has 0 radical (unpaired) electrons. The average Bonchev–Trinajstić information content (AvgIpc) is 3.19. The fourth-order valence-corrected chi connectivity index (χ4v) is 6.90. The quantitative estimate of drug-likeness (QED) is 0.851. The van der Waals surface area contributed by atoms with Crippen molar-refractivity contribution in [3.8, 4) is 5.75 Å². The standard InChI is InChI=1S/C20H26O2/c1-19-8-7-16-15-5-4-14(22-2)9-12(15)3-6-17(16)20(19)11-13(20)10-18(19)21/h4-5,9,13,16-18,21H,3,6-8,10-11H2,1-2H3/t13?,16-,17-,18?,19-,20+/m1/s1. The highest BCUT2D eigenvalue weighted by Crippen LogP contribution is 2.81. The highest BCUT2D eigenvalue weighted by molar-refractivity contribution is 5.42. The van der Waals surface area contributed by atoms with Crippen LogP contribution in [0.2, 0.25) is 0 Å². The molecule has 4 aliphatic carbocycles. The Kier molecular flexibility index (Phi) is 2.49. The molecule has 0 heterocycles. The van der Waals surface area contributed by atoms with Gasteiger partial charge in [-0.1, -0.05) is 13.0 Å². The van der Waals surface area contributed by atoms with Gasteiger partial charge in [0.15, 0.2) is 0 Å². The highest BCUT2D eigenvalue weighted by atomic mass is 16.5. The molecule has 3 saturated carbocycles. The second-order valence-corrected chi connectivity index (χ2v) is 8.47. The third-order valence-electron chi connectivity index (χ3n) is 8.06. The minimum Gasteiger partial charge on any atom is -0.497 e. The number of benzene rings is 1. The second kappa shape index (κ2) is 4.08. The van der Waals surface area contributed by atoms with Crippen molar-refractivity contribution in [1.82, 2.24) is 0 Å². The molecule has 22 heavy (non-hydrogen) atoms. The van der Waals surface area contributed by atoms with Crippen LogP contribution in [0.4, 0.5) is 0 Å². The Labute approximate surface area is 132 Å². The van der Waals surface area contributed by atoms with E-state index in [0.29, 0.717) is 5.41 Å². The van der Waals surface area contributed by atoms with Crippen LogP contribution < -0.4 is 4.74 Å². The Balaban J connectivity index is 1.56. The number of fused-ring (bicyclic) bond motifs is 3. The lowest BCUT2D eigenvalue weighted by Crippen LogP contribution is -2.47. The summed E-state index contributed by atoms with van der Waals surface area (Å²) in [6, 6.07) is 6.72. The highest BCUT2D eigenvalue weighted by Gasteiger charge is 2.76. The summed E-state index contributed by atoms with van der Waals surface area (Å²) >= 11 is 0. The van der Waals surface area contributed by atoms with Crippen molar-refractivity contribution in [2.24, 2.45) is 22.7 Å². The maximum absolute atomic E-state index is 10.6. The molecule has 2 unspecified atom stereocenters. The number of rotatable bonds is 1. The molecule has 1 spiro atoms. The van der Waals surface area contributed by atoms with E-state index in [1.165, 1.54) is 37.7 Å². The van der Waals surface area contributed by atoms with E-state index >= 15 is 0 Å². The summed E-state index contributed by atoms with van der Waals surface area (Å²) in [5.41, 5.74) is 3.76. The van der Waals surface area contributed by atoms with Crippen LogP contribution in [-0.2, 0) is 6.42 Å². The van der Waals surface area contributed by atoms with E-state index in [1.54, 1.807) is 12.7 Å². The molecule has 0 bridgehead atoms.